The van der Waals surface area contributed by atoms with Crippen molar-refractivity contribution < 1.29 is 9.53 Å². The van der Waals surface area contributed by atoms with E-state index >= 15 is 0 Å². The van der Waals surface area contributed by atoms with Gasteiger partial charge in [0.2, 0.25) is 0 Å². The second-order valence-corrected chi connectivity index (χ2v) is 4.09. The molecule has 1 fully saturated rings. The van der Waals surface area contributed by atoms with Crippen LogP contribution in [0.3, 0.4) is 0 Å². The van der Waals surface area contributed by atoms with Crippen molar-refractivity contribution in [2.24, 2.45) is 0 Å². The van der Waals surface area contributed by atoms with Gasteiger partial charge in [-0.05, 0) is 25.0 Å². The van der Waals surface area contributed by atoms with E-state index in [4.69, 9.17) is 16.3 Å². The minimum atomic E-state index is -0.172. The zero-order valence-corrected chi connectivity index (χ0v) is 9.54. The number of halogens is 1. The third-order valence-electron chi connectivity index (χ3n) is 2.50. The van der Waals surface area contributed by atoms with Gasteiger partial charge in [0, 0.05) is 19.3 Å². The van der Waals surface area contributed by atoms with E-state index in [-0.39, 0.29) is 11.9 Å². The lowest BCUT2D eigenvalue weighted by molar-refractivity contribution is 0.0694. The molecule has 1 aliphatic heterocycles. The number of rotatable bonds is 2. The van der Waals surface area contributed by atoms with E-state index in [0.717, 1.165) is 12.8 Å². The van der Waals surface area contributed by atoms with Crippen LogP contribution in [0.25, 0.3) is 0 Å². The number of carbonyl (C=O) groups is 1. The van der Waals surface area contributed by atoms with Crippen LogP contribution < -0.4 is 5.32 Å². The van der Waals surface area contributed by atoms with Crippen molar-refractivity contribution in [1.82, 2.24) is 10.3 Å². The summed E-state index contributed by atoms with van der Waals surface area (Å²) in [5.74, 6) is -0.172. The van der Waals surface area contributed by atoms with Gasteiger partial charge in [0.25, 0.3) is 5.91 Å². The second-order valence-electron chi connectivity index (χ2n) is 3.71. The minimum Gasteiger partial charge on any atom is -0.381 e. The highest BCUT2D eigenvalue weighted by molar-refractivity contribution is 6.29. The summed E-state index contributed by atoms with van der Waals surface area (Å²) in [7, 11) is 0. The lowest BCUT2D eigenvalue weighted by Crippen LogP contribution is -2.39. The Labute approximate surface area is 99.0 Å². The Bertz CT molecular complexity index is 378. The largest absolute Gasteiger partial charge is 0.381 e. The average Bonchev–Trinajstić information content (AvgIpc) is 2.30. The molecule has 0 aliphatic carbocycles. The van der Waals surface area contributed by atoms with Gasteiger partial charge in [-0.15, -0.1) is 0 Å². The summed E-state index contributed by atoms with van der Waals surface area (Å²) in [6, 6.07) is 5.20. The fourth-order valence-electron chi connectivity index (χ4n) is 1.64. The standard InChI is InChI=1S/C11H13ClN2O2/c12-10-3-1-2-9(14-10)11(15)13-8-4-6-16-7-5-8/h1-3,8H,4-7H2,(H,13,15). The van der Waals surface area contributed by atoms with Crippen LogP contribution >= 0.6 is 11.6 Å². The van der Waals surface area contributed by atoms with E-state index < -0.39 is 0 Å². The molecule has 86 valence electrons. The first-order valence-electron chi connectivity index (χ1n) is 5.27. The number of amides is 1. The molecule has 1 amide bonds. The fourth-order valence-corrected chi connectivity index (χ4v) is 1.80. The zero-order chi connectivity index (χ0) is 11.4. The number of hydrogen-bond acceptors (Lipinski definition) is 3. The maximum atomic E-state index is 11.8. The number of ether oxygens (including phenoxy) is 1. The van der Waals surface area contributed by atoms with Crippen molar-refractivity contribution in [2.45, 2.75) is 18.9 Å². The molecular formula is C11H13ClN2O2. The van der Waals surface area contributed by atoms with E-state index in [1.54, 1.807) is 18.2 Å². The fraction of sp³-hybridized carbons (Fsp3) is 0.455. The van der Waals surface area contributed by atoms with Crippen LogP contribution in [0.15, 0.2) is 18.2 Å². The SMILES string of the molecule is O=C(NC1CCOCC1)c1cccc(Cl)n1. The van der Waals surface area contributed by atoms with Crippen LogP contribution in [0, 0.1) is 0 Å². The average molecular weight is 241 g/mol. The molecule has 0 radical (unpaired) electrons. The van der Waals surface area contributed by atoms with Crippen molar-refractivity contribution in [1.29, 1.82) is 0 Å². The molecule has 2 rings (SSSR count). The summed E-state index contributed by atoms with van der Waals surface area (Å²) in [6.07, 6.45) is 1.71. The highest BCUT2D eigenvalue weighted by atomic mass is 35.5. The van der Waals surface area contributed by atoms with Gasteiger partial charge in [0.15, 0.2) is 0 Å². The maximum Gasteiger partial charge on any atom is 0.270 e. The van der Waals surface area contributed by atoms with Gasteiger partial charge in [-0.1, -0.05) is 17.7 Å². The first-order valence-corrected chi connectivity index (χ1v) is 5.64. The van der Waals surface area contributed by atoms with E-state index in [1.807, 2.05) is 0 Å². The number of nitrogens with one attached hydrogen (secondary N) is 1. The normalized spacial score (nSPS) is 17.1. The van der Waals surface area contributed by atoms with Crippen LogP contribution in [0.4, 0.5) is 0 Å². The van der Waals surface area contributed by atoms with Crippen molar-refractivity contribution in [3.63, 3.8) is 0 Å². The topological polar surface area (TPSA) is 51.2 Å². The van der Waals surface area contributed by atoms with E-state index in [1.165, 1.54) is 0 Å². The molecule has 1 saturated heterocycles. The van der Waals surface area contributed by atoms with Crippen LogP contribution in [-0.2, 0) is 4.74 Å². The highest BCUT2D eigenvalue weighted by Crippen LogP contribution is 2.09. The van der Waals surface area contributed by atoms with E-state index in [2.05, 4.69) is 10.3 Å². The number of carbonyl (C=O) groups excluding carboxylic acids is 1. The molecule has 16 heavy (non-hydrogen) atoms. The zero-order valence-electron chi connectivity index (χ0n) is 8.78. The Morgan fingerprint density at radius 3 is 2.88 bits per heavy atom. The van der Waals surface area contributed by atoms with Gasteiger partial charge in [-0.2, -0.15) is 0 Å². The molecule has 2 heterocycles. The first kappa shape index (κ1) is 11.4. The third-order valence-corrected chi connectivity index (χ3v) is 2.71. The Morgan fingerprint density at radius 1 is 1.44 bits per heavy atom. The molecular weight excluding hydrogens is 228 g/mol. The molecule has 0 atom stereocenters. The van der Waals surface area contributed by atoms with Gasteiger partial charge >= 0.3 is 0 Å². The lowest BCUT2D eigenvalue weighted by Gasteiger charge is -2.22. The molecule has 1 aromatic heterocycles. The molecule has 1 aliphatic rings. The van der Waals surface area contributed by atoms with Gasteiger partial charge in [0.05, 0.1) is 0 Å². The van der Waals surface area contributed by atoms with Crippen LogP contribution in [0.2, 0.25) is 5.15 Å². The lowest BCUT2D eigenvalue weighted by atomic mass is 10.1. The predicted molar refractivity (Wildman–Crippen MR) is 60.6 cm³/mol. The summed E-state index contributed by atoms with van der Waals surface area (Å²) in [4.78, 5) is 15.8. The first-order chi connectivity index (χ1) is 7.75. The van der Waals surface area contributed by atoms with Crippen molar-refractivity contribution in [3.05, 3.63) is 29.0 Å². The van der Waals surface area contributed by atoms with Crippen molar-refractivity contribution >= 4 is 17.5 Å². The predicted octanol–water partition coefficient (Wildman–Crippen LogP) is 1.64. The molecule has 0 aromatic carbocycles. The monoisotopic (exact) mass is 240 g/mol. The second kappa shape index (κ2) is 5.27. The Kier molecular flexibility index (Phi) is 3.74. The number of nitrogens with zero attached hydrogens (tertiary/aromatic N) is 1. The van der Waals surface area contributed by atoms with Crippen molar-refractivity contribution in [3.8, 4) is 0 Å². The maximum absolute atomic E-state index is 11.8. The molecule has 1 aromatic rings. The summed E-state index contributed by atoms with van der Waals surface area (Å²) >= 11 is 5.72. The van der Waals surface area contributed by atoms with Crippen LogP contribution in [-0.4, -0.2) is 30.1 Å². The Morgan fingerprint density at radius 2 is 2.19 bits per heavy atom. The summed E-state index contributed by atoms with van der Waals surface area (Å²) in [6.45, 7) is 1.40. The van der Waals surface area contributed by atoms with Gasteiger partial charge in [-0.3, -0.25) is 4.79 Å². The highest BCUT2D eigenvalue weighted by Gasteiger charge is 2.17. The smallest absolute Gasteiger partial charge is 0.270 e. The molecule has 0 bridgehead atoms. The van der Waals surface area contributed by atoms with Gasteiger partial charge < -0.3 is 10.1 Å². The number of hydrogen-bond donors (Lipinski definition) is 1. The molecule has 0 unspecified atom stereocenters. The quantitative estimate of drug-likeness (QED) is 0.800. The van der Waals surface area contributed by atoms with Crippen LogP contribution in [0.5, 0.6) is 0 Å². The number of pyridine rings is 1. The van der Waals surface area contributed by atoms with Gasteiger partial charge in [0.1, 0.15) is 10.8 Å². The van der Waals surface area contributed by atoms with Crippen LogP contribution in [0.1, 0.15) is 23.3 Å². The summed E-state index contributed by atoms with van der Waals surface area (Å²) < 4.78 is 5.22. The van der Waals surface area contributed by atoms with Crippen molar-refractivity contribution in [2.75, 3.05) is 13.2 Å². The third kappa shape index (κ3) is 2.93. The Balaban J connectivity index is 1.97. The Hall–Kier alpha value is -1.13. The van der Waals surface area contributed by atoms with E-state index in [9.17, 15) is 4.79 Å². The molecule has 0 spiro atoms. The molecule has 1 N–H and O–H groups in total. The van der Waals surface area contributed by atoms with Gasteiger partial charge in [-0.25, -0.2) is 4.98 Å². The summed E-state index contributed by atoms with van der Waals surface area (Å²) in [5.41, 5.74) is 0.360. The molecule has 4 nitrogen and oxygen atoms in total. The molecule has 0 saturated carbocycles. The number of aromatic nitrogens is 1. The van der Waals surface area contributed by atoms with E-state index in [0.29, 0.717) is 24.1 Å². The molecule has 5 heteroatoms. The summed E-state index contributed by atoms with van der Waals surface area (Å²) in [5, 5.41) is 3.26. The minimum absolute atomic E-state index is 0.172.